The minimum Gasteiger partial charge on any atom is -0.303 e. The van der Waals surface area contributed by atoms with Crippen molar-refractivity contribution in [2.24, 2.45) is 5.92 Å². The van der Waals surface area contributed by atoms with Gasteiger partial charge >= 0.3 is 0 Å². The third-order valence-electron chi connectivity index (χ3n) is 2.74. The van der Waals surface area contributed by atoms with Gasteiger partial charge in [-0.05, 0) is 11.5 Å². The number of carbonyl (C=O) groups excluding carboxylic acids is 1. The molecule has 1 aromatic rings. The zero-order valence-corrected chi connectivity index (χ0v) is 8.58. The van der Waals surface area contributed by atoms with Crippen LogP contribution in [-0.4, -0.2) is 11.8 Å². The summed E-state index contributed by atoms with van der Waals surface area (Å²) in [6.45, 7) is 4.96. The fraction of sp³-hybridized carbons (Fsp3) is 0.417. The summed E-state index contributed by atoms with van der Waals surface area (Å²) < 4.78 is 0. The van der Waals surface area contributed by atoms with Gasteiger partial charge in [0.25, 0.3) is 0 Å². The molecule has 0 bridgehead atoms. The molecule has 0 amide bonds. The van der Waals surface area contributed by atoms with Gasteiger partial charge in [-0.1, -0.05) is 38.1 Å². The highest BCUT2D eigenvalue weighted by molar-refractivity contribution is 6.02. The van der Waals surface area contributed by atoms with E-state index in [4.69, 9.17) is 0 Å². The lowest BCUT2D eigenvalue weighted by atomic mass is 9.89. The molecule has 0 radical (unpaired) electrons. The summed E-state index contributed by atoms with van der Waals surface area (Å²) in [6, 6.07) is 7.83. The third kappa shape index (κ3) is 1.46. The summed E-state index contributed by atoms with van der Waals surface area (Å²) >= 11 is 0. The first-order valence-electron chi connectivity index (χ1n) is 5.05. The molecule has 1 aliphatic heterocycles. The second-order valence-corrected chi connectivity index (χ2v) is 4.12. The van der Waals surface area contributed by atoms with E-state index in [2.05, 4.69) is 19.2 Å². The van der Waals surface area contributed by atoms with Crippen molar-refractivity contribution in [3.05, 3.63) is 35.4 Å². The highest BCUT2D eigenvalue weighted by Crippen LogP contribution is 2.19. The van der Waals surface area contributed by atoms with E-state index in [1.54, 1.807) is 0 Å². The maximum atomic E-state index is 12.0. The molecule has 0 saturated carbocycles. The molecule has 2 rings (SSSR count). The average Bonchev–Trinajstić information content (AvgIpc) is 2.18. The summed E-state index contributed by atoms with van der Waals surface area (Å²) in [4.78, 5) is 12.0. The minimum atomic E-state index is -0.00935. The van der Waals surface area contributed by atoms with E-state index in [1.807, 2.05) is 24.3 Å². The predicted octanol–water partition coefficient (Wildman–Crippen LogP) is 2.00. The molecule has 1 aliphatic rings. The molecule has 1 heterocycles. The average molecular weight is 189 g/mol. The molecule has 14 heavy (non-hydrogen) atoms. The van der Waals surface area contributed by atoms with Crippen LogP contribution in [0.4, 0.5) is 0 Å². The molecule has 74 valence electrons. The van der Waals surface area contributed by atoms with Crippen LogP contribution < -0.4 is 5.32 Å². The van der Waals surface area contributed by atoms with Gasteiger partial charge in [0.15, 0.2) is 5.78 Å². The van der Waals surface area contributed by atoms with Crippen molar-refractivity contribution in [2.75, 3.05) is 0 Å². The summed E-state index contributed by atoms with van der Waals surface area (Å²) in [6.07, 6.45) is 0. The molecule has 2 heteroatoms. The lowest BCUT2D eigenvalue weighted by molar-refractivity contribution is 0.0902. The molecule has 1 aromatic carbocycles. The lowest BCUT2D eigenvalue weighted by Crippen LogP contribution is -2.44. The van der Waals surface area contributed by atoms with Crippen LogP contribution in [0, 0.1) is 5.92 Å². The van der Waals surface area contributed by atoms with Crippen molar-refractivity contribution < 1.29 is 4.79 Å². The van der Waals surface area contributed by atoms with Crippen molar-refractivity contribution in [2.45, 2.75) is 26.4 Å². The monoisotopic (exact) mass is 189 g/mol. The normalized spacial score (nSPS) is 21.1. The van der Waals surface area contributed by atoms with Gasteiger partial charge in [0.2, 0.25) is 0 Å². The molecule has 0 spiro atoms. The summed E-state index contributed by atoms with van der Waals surface area (Å²) in [5, 5.41) is 3.27. The van der Waals surface area contributed by atoms with Crippen molar-refractivity contribution in [3.63, 3.8) is 0 Å². The van der Waals surface area contributed by atoms with E-state index in [9.17, 15) is 4.79 Å². The lowest BCUT2D eigenvalue weighted by Gasteiger charge is -2.27. The third-order valence-corrected chi connectivity index (χ3v) is 2.74. The van der Waals surface area contributed by atoms with Gasteiger partial charge in [0.1, 0.15) is 0 Å². The van der Waals surface area contributed by atoms with Gasteiger partial charge in [0.05, 0.1) is 6.04 Å². The second-order valence-electron chi connectivity index (χ2n) is 4.12. The number of carbonyl (C=O) groups is 1. The number of rotatable bonds is 1. The Hall–Kier alpha value is -1.15. The zero-order valence-electron chi connectivity index (χ0n) is 8.58. The first kappa shape index (κ1) is 9.41. The SMILES string of the molecule is CC(C)C1NCc2ccccc2C1=O. The molecule has 1 unspecified atom stereocenters. The Kier molecular flexibility index (Phi) is 2.38. The van der Waals surface area contributed by atoms with E-state index >= 15 is 0 Å². The van der Waals surface area contributed by atoms with Crippen molar-refractivity contribution >= 4 is 5.78 Å². The molecule has 2 nitrogen and oxygen atoms in total. The van der Waals surface area contributed by atoms with Crippen LogP contribution in [0.2, 0.25) is 0 Å². The Morgan fingerprint density at radius 3 is 2.79 bits per heavy atom. The van der Waals surface area contributed by atoms with Gasteiger partial charge in [-0.3, -0.25) is 4.79 Å². The molecule has 0 aliphatic carbocycles. The number of fused-ring (bicyclic) bond motifs is 1. The van der Waals surface area contributed by atoms with Crippen LogP contribution in [-0.2, 0) is 6.54 Å². The molecular formula is C12H15NO. The van der Waals surface area contributed by atoms with Gasteiger partial charge in [-0.2, -0.15) is 0 Å². The van der Waals surface area contributed by atoms with Crippen LogP contribution in [0.5, 0.6) is 0 Å². The highest BCUT2D eigenvalue weighted by Gasteiger charge is 2.28. The van der Waals surface area contributed by atoms with E-state index < -0.39 is 0 Å². The molecular weight excluding hydrogens is 174 g/mol. The summed E-state index contributed by atoms with van der Waals surface area (Å²) in [5.41, 5.74) is 2.01. The van der Waals surface area contributed by atoms with E-state index in [0.29, 0.717) is 5.92 Å². The zero-order chi connectivity index (χ0) is 10.1. The van der Waals surface area contributed by atoms with Crippen molar-refractivity contribution in [1.29, 1.82) is 0 Å². The van der Waals surface area contributed by atoms with Crippen molar-refractivity contribution in [3.8, 4) is 0 Å². The van der Waals surface area contributed by atoms with E-state index in [0.717, 1.165) is 17.7 Å². The number of hydrogen-bond acceptors (Lipinski definition) is 2. The Morgan fingerprint density at radius 2 is 2.07 bits per heavy atom. The Morgan fingerprint density at radius 1 is 1.36 bits per heavy atom. The quantitative estimate of drug-likeness (QED) is 0.732. The summed E-state index contributed by atoms with van der Waals surface area (Å²) in [7, 11) is 0. The fourth-order valence-electron chi connectivity index (χ4n) is 1.93. The molecule has 1 atom stereocenters. The van der Waals surface area contributed by atoms with E-state index in [-0.39, 0.29) is 11.8 Å². The largest absolute Gasteiger partial charge is 0.303 e. The fourth-order valence-corrected chi connectivity index (χ4v) is 1.93. The van der Waals surface area contributed by atoms with Crippen LogP contribution in [0.15, 0.2) is 24.3 Å². The number of hydrogen-bond donors (Lipinski definition) is 1. The van der Waals surface area contributed by atoms with Gasteiger partial charge in [-0.15, -0.1) is 0 Å². The van der Waals surface area contributed by atoms with Crippen molar-refractivity contribution in [1.82, 2.24) is 5.32 Å². The maximum Gasteiger partial charge on any atom is 0.180 e. The van der Waals surface area contributed by atoms with Crippen LogP contribution in [0.3, 0.4) is 0 Å². The van der Waals surface area contributed by atoms with Gasteiger partial charge < -0.3 is 5.32 Å². The van der Waals surface area contributed by atoms with Crippen LogP contribution >= 0.6 is 0 Å². The standard InChI is InChI=1S/C12H15NO/c1-8(2)11-12(14)10-6-4-3-5-9(10)7-13-11/h3-6,8,11,13H,7H2,1-2H3. The first-order chi connectivity index (χ1) is 6.70. The topological polar surface area (TPSA) is 29.1 Å². The van der Waals surface area contributed by atoms with Gasteiger partial charge in [-0.25, -0.2) is 0 Å². The Balaban J connectivity index is 2.37. The molecule has 1 N–H and O–H groups in total. The van der Waals surface area contributed by atoms with Crippen LogP contribution in [0.25, 0.3) is 0 Å². The summed E-state index contributed by atoms with van der Waals surface area (Å²) in [5.74, 6) is 0.595. The number of Topliss-reactive ketones (excluding diaryl/α,β-unsaturated/α-hetero) is 1. The number of nitrogens with one attached hydrogen (secondary N) is 1. The van der Waals surface area contributed by atoms with Gasteiger partial charge in [0, 0.05) is 12.1 Å². The van der Waals surface area contributed by atoms with E-state index in [1.165, 1.54) is 0 Å². The van der Waals surface area contributed by atoms with Crippen LogP contribution in [0.1, 0.15) is 29.8 Å². The first-order valence-corrected chi connectivity index (χ1v) is 5.05. The predicted molar refractivity (Wildman–Crippen MR) is 56.2 cm³/mol. The Bertz CT molecular complexity index is 357. The Labute approximate surface area is 84.3 Å². The number of benzene rings is 1. The molecule has 0 saturated heterocycles. The molecule has 0 aromatic heterocycles. The molecule has 0 fully saturated rings. The highest BCUT2D eigenvalue weighted by atomic mass is 16.1. The second kappa shape index (κ2) is 3.54. The smallest absolute Gasteiger partial charge is 0.180 e. The minimum absolute atomic E-state index is 0.00935. The maximum absolute atomic E-state index is 12.0. The number of ketones is 1.